The summed E-state index contributed by atoms with van der Waals surface area (Å²) in [4.78, 5) is 10.4. The molecule has 0 aliphatic heterocycles. The maximum atomic E-state index is 10.8. The Bertz CT molecular complexity index is 382. The maximum absolute atomic E-state index is 10.8. The van der Waals surface area contributed by atoms with Gasteiger partial charge in [-0.25, -0.2) is 0 Å². The van der Waals surface area contributed by atoms with Gasteiger partial charge in [0.25, 0.3) is 5.69 Å². The smallest absolute Gasteiger partial charge is 0.280 e. The van der Waals surface area contributed by atoms with Gasteiger partial charge >= 0.3 is 0 Å². The maximum Gasteiger partial charge on any atom is 0.280 e. The molecule has 0 aliphatic rings. The second kappa shape index (κ2) is 7.23. The Balaban J connectivity index is 2.55. The van der Waals surface area contributed by atoms with Crippen LogP contribution in [0.4, 0.5) is 5.69 Å². The van der Waals surface area contributed by atoms with E-state index in [1.54, 1.807) is 6.07 Å². The molecule has 17 heavy (non-hydrogen) atoms. The number of rotatable bonds is 7. The van der Waals surface area contributed by atoms with Crippen molar-refractivity contribution in [3.63, 3.8) is 0 Å². The Labute approximate surface area is 103 Å². The van der Waals surface area contributed by atoms with E-state index in [1.165, 1.54) is 31.4 Å². The van der Waals surface area contributed by atoms with Crippen molar-refractivity contribution in [1.29, 1.82) is 0 Å². The molecule has 94 valence electrons. The van der Waals surface area contributed by atoms with Gasteiger partial charge in [-0.1, -0.05) is 34.8 Å². The van der Waals surface area contributed by atoms with Crippen LogP contribution < -0.4 is 5.30 Å². The van der Waals surface area contributed by atoms with Crippen LogP contribution in [0.2, 0.25) is 0 Å². The molecule has 5 heteroatoms. The molecule has 0 aliphatic carbocycles. The zero-order chi connectivity index (χ0) is 12.7. The number of unbranched alkanes of at least 4 members (excludes halogenated alkanes) is 3. The summed E-state index contributed by atoms with van der Waals surface area (Å²) in [6, 6.07) is 4.40. The largest absolute Gasteiger partial charge is 0.508 e. The average molecular weight is 255 g/mol. The third kappa shape index (κ3) is 4.70. The minimum Gasteiger partial charge on any atom is -0.508 e. The molecule has 0 aromatic heterocycles. The molecule has 1 atom stereocenters. The zero-order valence-corrected chi connectivity index (χ0v) is 11.0. The van der Waals surface area contributed by atoms with E-state index in [9.17, 15) is 15.2 Å². The Morgan fingerprint density at radius 3 is 2.76 bits per heavy atom. The van der Waals surface area contributed by atoms with Crippen LogP contribution in [0.3, 0.4) is 0 Å². The van der Waals surface area contributed by atoms with Gasteiger partial charge in [0.1, 0.15) is 5.75 Å². The van der Waals surface area contributed by atoms with Crippen molar-refractivity contribution in [2.24, 2.45) is 0 Å². The average Bonchev–Trinajstić information content (AvgIpc) is 2.30. The van der Waals surface area contributed by atoms with Crippen molar-refractivity contribution in [2.75, 3.05) is 6.16 Å². The summed E-state index contributed by atoms with van der Waals surface area (Å²) in [7, 11) is 0.451. The summed E-state index contributed by atoms with van der Waals surface area (Å²) in [6.45, 7) is 2.16. The molecule has 0 saturated carbocycles. The fraction of sp³-hybridized carbons (Fsp3) is 0.500. The standard InChI is InChI=1S/C12H18NO3P/c1-2-3-4-5-8-17-12-7-6-10(14)9-11(12)13(15)16/h6-7,9,14,17H,2-5,8H2,1H3. The summed E-state index contributed by atoms with van der Waals surface area (Å²) in [5, 5.41) is 20.8. The molecule has 0 spiro atoms. The number of benzene rings is 1. The van der Waals surface area contributed by atoms with Gasteiger partial charge in [0.05, 0.1) is 16.3 Å². The lowest BCUT2D eigenvalue weighted by molar-refractivity contribution is -0.383. The van der Waals surface area contributed by atoms with Crippen molar-refractivity contribution in [3.05, 3.63) is 28.3 Å². The lowest BCUT2D eigenvalue weighted by atomic mass is 10.2. The first-order chi connectivity index (χ1) is 8.15. The van der Waals surface area contributed by atoms with Gasteiger partial charge in [-0.3, -0.25) is 10.1 Å². The molecule has 0 saturated heterocycles. The summed E-state index contributed by atoms with van der Waals surface area (Å²) in [5.41, 5.74) is 0.0406. The summed E-state index contributed by atoms with van der Waals surface area (Å²) in [5.74, 6) is -0.0452. The number of phenolic OH excluding ortho intramolecular Hbond substituents is 1. The van der Waals surface area contributed by atoms with Gasteiger partial charge in [0.2, 0.25) is 0 Å². The van der Waals surface area contributed by atoms with Gasteiger partial charge in [0, 0.05) is 0 Å². The van der Waals surface area contributed by atoms with Crippen LogP contribution >= 0.6 is 8.58 Å². The predicted octanol–water partition coefficient (Wildman–Crippen LogP) is 3.18. The van der Waals surface area contributed by atoms with Crippen LogP contribution in [-0.2, 0) is 0 Å². The monoisotopic (exact) mass is 255 g/mol. The van der Waals surface area contributed by atoms with E-state index in [0.717, 1.165) is 17.9 Å². The highest BCUT2D eigenvalue weighted by Gasteiger charge is 2.13. The Hall–Kier alpha value is -1.15. The van der Waals surface area contributed by atoms with Gasteiger partial charge in [-0.15, -0.1) is 0 Å². The normalized spacial score (nSPS) is 11.1. The molecule has 1 aromatic carbocycles. The molecule has 0 bridgehead atoms. The topological polar surface area (TPSA) is 63.4 Å². The summed E-state index contributed by atoms with van der Waals surface area (Å²) in [6.07, 6.45) is 5.72. The molecule has 0 fully saturated rings. The number of phenols is 1. The fourth-order valence-corrected chi connectivity index (χ4v) is 2.84. The third-order valence-corrected chi connectivity index (χ3v) is 3.93. The van der Waals surface area contributed by atoms with Crippen molar-refractivity contribution in [1.82, 2.24) is 0 Å². The van der Waals surface area contributed by atoms with E-state index in [4.69, 9.17) is 0 Å². The fourth-order valence-electron chi connectivity index (χ4n) is 1.60. The summed E-state index contributed by atoms with van der Waals surface area (Å²) >= 11 is 0. The van der Waals surface area contributed by atoms with E-state index in [2.05, 4.69) is 6.92 Å². The van der Waals surface area contributed by atoms with E-state index < -0.39 is 4.92 Å². The van der Waals surface area contributed by atoms with Crippen LogP contribution in [0.5, 0.6) is 5.75 Å². The van der Waals surface area contributed by atoms with Crippen LogP contribution in [0.25, 0.3) is 0 Å². The zero-order valence-electron chi connectivity index (χ0n) is 9.98. The van der Waals surface area contributed by atoms with Crippen LogP contribution in [0.15, 0.2) is 18.2 Å². The molecular formula is C12H18NO3P. The van der Waals surface area contributed by atoms with Gasteiger partial charge < -0.3 is 5.11 Å². The van der Waals surface area contributed by atoms with E-state index in [-0.39, 0.29) is 11.4 Å². The molecule has 1 N–H and O–H groups in total. The van der Waals surface area contributed by atoms with Crippen LogP contribution in [-0.4, -0.2) is 16.2 Å². The predicted molar refractivity (Wildman–Crippen MR) is 71.7 cm³/mol. The van der Waals surface area contributed by atoms with Gasteiger partial charge in [-0.2, -0.15) is 0 Å². The first-order valence-corrected chi connectivity index (χ1v) is 7.07. The number of hydrogen-bond acceptors (Lipinski definition) is 3. The number of nitro benzene ring substituents is 1. The second-order valence-corrected chi connectivity index (χ2v) is 5.34. The number of aromatic hydroxyl groups is 1. The van der Waals surface area contributed by atoms with E-state index >= 15 is 0 Å². The van der Waals surface area contributed by atoms with Gasteiger partial charge in [-0.05, 0) is 24.7 Å². The molecule has 0 radical (unpaired) electrons. The Morgan fingerprint density at radius 1 is 1.35 bits per heavy atom. The first-order valence-electron chi connectivity index (χ1n) is 5.86. The number of hydrogen-bond donors (Lipinski definition) is 1. The SMILES string of the molecule is CCCCCCPc1ccc(O)cc1[N+](=O)[O-]. The lowest BCUT2D eigenvalue weighted by Crippen LogP contribution is -2.04. The molecular weight excluding hydrogens is 237 g/mol. The number of nitrogens with zero attached hydrogens (tertiary/aromatic N) is 1. The quantitative estimate of drug-likeness (QED) is 0.352. The van der Waals surface area contributed by atoms with Crippen molar-refractivity contribution in [2.45, 2.75) is 32.6 Å². The van der Waals surface area contributed by atoms with E-state index in [0.29, 0.717) is 8.58 Å². The van der Waals surface area contributed by atoms with Crippen molar-refractivity contribution in [3.8, 4) is 5.75 Å². The number of nitro groups is 1. The Morgan fingerprint density at radius 2 is 2.12 bits per heavy atom. The van der Waals surface area contributed by atoms with Crippen LogP contribution in [0.1, 0.15) is 32.6 Å². The Kier molecular flexibility index (Phi) is 5.92. The third-order valence-electron chi connectivity index (χ3n) is 2.52. The molecule has 1 unspecified atom stereocenters. The van der Waals surface area contributed by atoms with Gasteiger partial charge in [0.15, 0.2) is 0 Å². The molecule has 4 nitrogen and oxygen atoms in total. The second-order valence-electron chi connectivity index (χ2n) is 3.95. The van der Waals surface area contributed by atoms with Crippen molar-refractivity contribution >= 4 is 19.6 Å². The molecule has 0 amide bonds. The highest BCUT2D eigenvalue weighted by molar-refractivity contribution is 7.47. The summed E-state index contributed by atoms with van der Waals surface area (Å²) < 4.78 is 0. The molecule has 1 aromatic rings. The lowest BCUT2D eigenvalue weighted by Gasteiger charge is -2.03. The highest BCUT2D eigenvalue weighted by Crippen LogP contribution is 2.24. The first kappa shape index (κ1) is 13.9. The minimum atomic E-state index is -0.423. The molecule has 1 rings (SSSR count). The highest BCUT2D eigenvalue weighted by atomic mass is 31.1. The van der Waals surface area contributed by atoms with E-state index in [1.807, 2.05) is 0 Å². The minimum absolute atomic E-state index is 0.0406. The van der Waals surface area contributed by atoms with Crippen molar-refractivity contribution < 1.29 is 10.0 Å². The molecule has 0 heterocycles. The van der Waals surface area contributed by atoms with Crippen LogP contribution in [0, 0.1) is 10.1 Å².